The van der Waals surface area contributed by atoms with Crippen molar-refractivity contribution >= 4 is 0 Å². The number of nitrogens with one attached hydrogen (secondary N) is 1. The van der Waals surface area contributed by atoms with Crippen molar-refractivity contribution in [3.05, 3.63) is 35.6 Å². The van der Waals surface area contributed by atoms with Gasteiger partial charge >= 0.3 is 0 Å². The van der Waals surface area contributed by atoms with Gasteiger partial charge in [-0.1, -0.05) is 12.1 Å². The minimum atomic E-state index is -0.366. The Kier molecular flexibility index (Phi) is 3.91. The molecular weight excluding hydrogens is 205 g/mol. The Morgan fingerprint density at radius 3 is 3.06 bits per heavy atom. The van der Waals surface area contributed by atoms with Gasteiger partial charge in [0, 0.05) is 6.54 Å². The summed E-state index contributed by atoms with van der Waals surface area (Å²) in [7, 11) is 0. The Hall–Kier alpha value is -0.930. The van der Waals surface area contributed by atoms with Gasteiger partial charge in [0.2, 0.25) is 0 Å². The van der Waals surface area contributed by atoms with Gasteiger partial charge in [0.25, 0.3) is 0 Å². The van der Waals surface area contributed by atoms with E-state index in [0.29, 0.717) is 12.3 Å². The van der Waals surface area contributed by atoms with E-state index in [4.69, 9.17) is 0 Å². The molecule has 1 heterocycles. The van der Waals surface area contributed by atoms with Crippen LogP contribution in [0, 0.1) is 11.7 Å². The maximum atomic E-state index is 13.0. The third-order valence-corrected chi connectivity index (χ3v) is 3.21. The first-order valence-corrected chi connectivity index (χ1v) is 5.89. The van der Waals surface area contributed by atoms with Crippen LogP contribution >= 0.6 is 0 Å². The Labute approximate surface area is 95.5 Å². The number of rotatable bonds is 3. The molecule has 0 bridgehead atoms. The Balaban J connectivity index is 1.93. The van der Waals surface area contributed by atoms with E-state index in [1.54, 1.807) is 6.07 Å². The van der Waals surface area contributed by atoms with Crippen molar-refractivity contribution in [1.82, 2.24) is 5.32 Å². The number of piperidine rings is 1. The zero-order valence-corrected chi connectivity index (χ0v) is 9.32. The van der Waals surface area contributed by atoms with Crippen molar-refractivity contribution in [2.24, 2.45) is 5.92 Å². The molecule has 0 aromatic heterocycles. The van der Waals surface area contributed by atoms with E-state index in [0.717, 1.165) is 31.5 Å². The predicted molar refractivity (Wildman–Crippen MR) is 61.7 cm³/mol. The van der Waals surface area contributed by atoms with Crippen LogP contribution in [-0.4, -0.2) is 24.3 Å². The van der Waals surface area contributed by atoms with Crippen LogP contribution in [0.15, 0.2) is 24.3 Å². The van der Waals surface area contributed by atoms with Crippen molar-refractivity contribution < 1.29 is 9.50 Å². The summed E-state index contributed by atoms with van der Waals surface area (Å²) < 4.78 is 13.0. The molecule has 0 aliphatic carbocycles. The average Bonchev–Trinajstić information content (AvgIpc) is 2.30. The Morgan fingerprint density at radius 2 is 2.38 bits per heavy atom. The molecule has 1 fully saturated rings. The van der Waals surface area contributed by atoms with Crippen molar-refractivity contribution in [3.8, 4) is 0 Å². The van der Waals surface area contributed by atoms with Crippen molar-refractivity contribution in [1.29, 1.82) is 0 Å². The van der Waals surface area contributed by atoms with E-state index in [-0.39, 0.29) is 11.9 Å². The molecule has 3 heteroatoms. The molecule has 0 amide bonds. The quantitative estimate of drug-likeness (QED) is 0.818. The molecule has 2 unspecified atom stereocenters. The third-order valence-electron chi connectivity index (χ3n) is 3.21. The molecule has 88 valence electrons. The smallest absolute Gasteiger partial charge is 0.123 e. The van der Waals surface area contributed by atoms with Gasteiger partial charge in [-0.15, -0.1) is 0 Å². The largest absolute Gasteiger partial charge is 0.392 e. The van der Waals surface area contributed by atoms with Crippen molar-refractivity contribution in [2.45, 2.75) is 25.4 Å². The molecule has 0 saturated carbocycles. The zero-order valence-electron chi connectivity index (χ0n) is 9.32. The lowest BCUT2D eigenvalue weighted by atomic mass is 9.90. The standard InChI is InChI=1S/C13H18FNO/c14-12-5-1-3-10(7-12)8-13(16)11-4-2-6-15-9-11/h1,3,5,7,11,13,15-16H,2,4,6,8-9H2. The van der Waals surface area contributed by atoms with E-state index < -0.39 is 0 Å². The third kappa shape index (κ3) is 3.03. The molecule has 0 radical (unpaired) electrons. The van der Waals surface area contributed by atoms with Crippen LogP contribution in [0.5, 0.6) is 0 Å². The highest BCUT2D eigenvalue weighted by Crippen LogP contribution is 2.18. The predicted octanol–water partition coefficient (Wildman–Crippen LogP) is 1.73. The van der Waals surface area contributed by atoms with Crippen LogP contribution in [0.25, 0.3) is 0 Å². The van der Waals surface area contributed by atoms with E-state index in [9.17, 15) is 9.50 Å². The fourth-order valence-corrected chi connectivity index (χ4v) is 2.28. The monoisotopic (exact) mass is 223 g/mol. The van der Waals surface area contributed by atoms with Crippen LogP contribution < -0.4 is 5.32 Å². The van der Waals surface area contributed by atoms with Gasteiger partial charge in [-0.25, -0.2) is 4.39 Å². The second-order valence-electron chi connectivity index (χ2n) is 4.51. The van der Waals surface area contributed by atoms with Gasteiger partial charge in [-0.05, 0) is 49.4 Å². The van der Waals surface area contributed by atoms with E-state index in [1.807, 2.05) is 6.07 Å². The van der Waals surface area contributed by atoms with Crippen LogP contribution in [0.1, 0.15) is 18.4 Å². The molecule has 1 saturated heterocycles. The van der Waals surface area contributed by atoms with Gasteiger partial charge in [0.05, 0.1) is 6.10 Å². The molecule has 0 spiro atoms. The molecule has 2 rings (SSSR count). The summed E-state index contributed by atoms with van der Waals surface area (Å²) in [6, 6.07) is 6.48. The van der Waals surface area contributed by atoms with E-state index in [1.165, 1.54) is 12.1 Å². The van der Waals surface area contributed by atoms with Crippen LogP contribution in [-0.2, 0) is 6.42 Å². The van der Waals surface area contributed by atoms with Crippen LogP contribution in [0.3, 0.4) is 0 Å². The summed E-state index contributed by atoms with van der Waals surface area (Å²) in [6.07, 6.45) is 2.35. The molecule has 1 aromatic carbocycles. The minimum absolute atomic E-state index is 0.230. The number of halogens is 1. The van der Waals surface area contributed by atoms with Crippen molar-refractivity contribution in [2.75, 3.05) is 13.1 Å². The van der Waals surface area contributed by atoms with E-state index in [2.05, 4.69) is 5.32 Å². The summed E-state index contributed by atoms with van der Waals surface area (Å²) in [4.78, 5) is 0. The maximum Gasteiger partial charge on any atom is 0.123 e. The lowest BCUT2D eigenvalue weighted by Gasteiger charge is -2.27. The van der Waals surface area contributed by atoms with Gasteiger partial charge < -0.3 is 10.4 Å². The highest BCUT2D eigenvalue weighted by Gasteiger charge is 2.21. The number of hydrogen-bond acceptors (Lipinski definition) is 2. The first kappa shape index (κ1) is 11.6. The lowest BCUT2D eigenvalue weighted by molar-refractivity contribution is 0.0921. The van der Waals surface area contributed by atoms with Crippen molar-refractivity contribution in [3.63, 3.8) is 0 Å². The second kappa shape index (κ2) is 5.41. The van der Waals surface area contributed by atoms with Gasteiger partial charge in [0.1, 0.15) is 5.82 Å². The molecule has 2 N–H and O–H groups in total. The summed E-state index contributed by atoms with van der Waals surface area (Å²) in [5, 5.41) is 13.3. The summed E-state index contributed by atoms with van der Waals surface area (Å²) in [5.74, 6) is 0.0727. The minimum Gasteiger partial charge on any atom is -0.392 e. The lowest BCUT2D eigenvalue weighted by Crippen LogP contribution is -2.37. The molecule has 16 heavy (non-hydrogen) atoms. The Bertz CT molecular complexity index is 336. The van der Waals surface area contributed by atoms with Crippen LogP contribution in [0.4, 0.5) is 4.39 Å². The fourth-order valence-electron chi connectivity index (χ4n) is 2.28. The van der Waals surface area contributed by atoms with Crippen LogP contribution in [0.2, 0.25) is 0 Å². The molecule has 2 atom stereocenters. The highest BCUT2D eigenvalue weighted by molar-refractivity contribution is 5.17. The van der Waals surface area contributed by atoms with Gasteiger partial charge in [-0.3, -0.25) is 0 Å². The molecular formula is C13H18FNO. The SMILES string of the molecule is OC(Cc1cccc(F)c1)C1CCCNC1. The average molecular weight is 223 g/mol. The summed E-state index contributed by atoms with van der Waals surface area (Å²) in [5.41, 5.74) is 0.873. The Morgan fingerprint density at radius 1 is 1.50 bits per heavy atom. The first-order chi connectivity index (χ1) is 7.75. The number of aliphatic hydroxyl groups is 1. The highest BCUT2D eigenvalue weighted by atomic mass is 19.1. The molecule has 1 aliphatic heterocycles. The number of hydrogen-bond donors (Lipinski definition) is 2. The zero-order chi connectivity index (χ0) is 11.4. The van der Waals surface area contributed by atoms with Gasteiger partial charge in [-0.2, -0.15) is 0 Å². The number of benzene rings is 1. The topological polar surface area (TPSA) is 32.3 Å². The summed E-state index contributed by atoms with van der Waals surface area (Å²) >= 11 is 0. The second-order valence-corrected chi connectivity index (χ2v) is 4.51. The fraction of sp³-hybridized carbons (Fsp3) is 0.538. The molecule has 1 aliphatic rings. The van der Waals surface area contributed by atoms with Gasteiger partial charge in [0.15, 0.2) is 0 Å². The maximum absolute atomic E-state index is 13.0. The number of aliphatic hydroxyl groups excluding tert-OH is 1. The molecule has 2 nitrogen and oxygen atoms in total. The normalized spacial score (nSPS) is 23.0. The summed E-state index contributed by atoms with van der Waals surface area (Å²) in [6.45, 7) is 1.92. The first-order valence-electron chi connectivity index (χ1n) is 5.89. The molecule has 1 aromatic rings. The van der Waals surface area contributed by atoms with E-state index >= 15 is 0 Å².